The van der Waals surface area contributed by atoms with Crippen LogP contribution in [0, 0.1) is 5.82 Å². The summed E-state index contributed by atoms with van der Waals surface area (Å²) in [6.45, 7) is 7.84. The predicted molar refractivity (Wildman–Crippen MR) is 148 cm³/mol. The van der Waals surface area contributed by atoms with Crippen molar-refractivity contribution in [1.29, 1.82) is 0 Å². The molecular formula is C27H32ClFNO4PS. The molecule has 0 N–H and O–H groups in total. The third kappa shape index (κ3) is 6.64. The summed E-state index contributed by atoms with van der Waals surface area (Å²) in [6.07, 6.45) is 0.509. The number of ether oxygens (including phenoxy) is 1. The minimum atomic E-state index is -3.86. The monoisotopic (exact) mass is 551 g/mol. The molecular weight excluding hydrogens is 520 g/mol. The lowest BCUT2D eigenvalue weighted by Gasteiger charge is -2.38. The molecule has 1 heterocycles. The smallest absolute Gasteiger partial charge is 0.261 e. The summed E-state index contributed by atoms with van der Waals surface area (Å²) in [7, 11) is 5.62. The molecule has 5 nitrogen and oxygen atoms in total. The van der Waals surface area contributed by atoms with Crippen LogP contribution >= 0.6 is 19.9 Å². The van der Waals surface area contributed by atoms with Crippen LogP contribution in [0.25, 0.3) is 11.1 Å². The summed E-state index contributed by atoms with van der Waals surface area (Å²) >= 11 is 0. The molecule has 9 heteroatoms. The molecule has 0 saturated carbocycles. The van der Waals surface area contributed by atoms with Gasteiger partial charge in [-0.25, -0.2) is 12.8 Å². The lowest BCUT2D eigenvalue weighted by atomic mass is 9.87. The van der Waals surface area contributed by atoms with E-state index in [9.17, 15) is 17.6 Å². The van der Waals surface area contributed by atoms with Crippen molar-refractivity contribution in [2.75, 3.05) is 20.3 Å². The Bertz CT molecular complexity index is 1320. The van der Waals surface area contributed by atoms with Crippen LogP contribution in [-0.2, 0) is 20.3 Å². The van der Waals surface area contributed by atoms with Gasteiger partial charge in [0.2, 0.25) is 5.91 Å². The summed E-state index contributed by atoms with van der Waals surface area (Å²) in [5, 5.41) is 0. The van der Waals surface area contributed by atoms with Gasteiger partial charge in [0.25, 0.3) is 9.05 Å². The van der Waals surface area contributed by atoms with Gasteiger partial charge in [0.05, 0.1) is 18.0 Å². The number of carbonyl (C=O) groups excluding carboxylic acids is 1. The van der Waals surface area contributed by atoms with E-state index < -0.39 is 15.1 Å². The van der Waals surface area contributed by atoms with Crippen molar-refractivity contribution in [1.82, 2.24) is 4.90 Å². The van der Waals surface area contributed by atoms with E-state index in [1.807, 2.05) is 44.8 Å². The SMILES string of the molecule is CC.COc1cc(-c2cccc(F)c2)ccc1C1c2ccc(S(=O)(=O)Cl)cc2CCN1C(C)=O.CP. The second kappa shape index (κ2) is 13.2. The van der Waals surface area contributed by atoms with Crippen molar-refractivity contribution in [3.8, 4) is 16.9 Å². The first kappa shape index (κ1) is 29.8. The molecule has 1 aliphatic heterocycles. The summed E-state index contributed by atoms with van der Waals surface area (Å²) in [4.78, 5) is 14.2. The fourth-order valence-corrected chi connectivity index (χ4v) is 5.02. The Labute approximate surface area is 220 Å². The normalized spacial score (nSPS) is 14.4. The van der Waals surface area contributed by atoms with Gasteiger partial charge in [0, 0.05) is 29.7 Å². The lowest BCUT2D eigenvalue weighted by molar-refractivity contribution is -0.130. The van der Waals surface area contributed by atoms with E-state index in [0.717, 1.165) is 22.3 Å². The van der Waals surface area contributed by atoms with Gasteiger partial charge in [0.1, 0.15) is 11.6 Å². The maximum absolute atomic E-state index is 13.7. The van der Waals surface area contributed by atoms with Gasteiger partial charge in [-0.2, -0.15) is 0 Å². The van der Waals surface area contributed by atoms with Gasteiger partial charge in [-0.05, 0) is 59.0 Å². The molecule has 0 spiro atoms. The number of halogens is 2. The van der Waals surface area contributed by atoms with Gasteiger partial charge < -0.3 is 9.64 Å². The van der Waals surface area contributed by atoms with Crippen LogP contribution < -0.4 is 4.74 Å². The number of amides is 1. The summed E-state index contributed by atoms with van der Waals surface area (Å²) in [6, 6.07) is 16.1. The zero-order chi connectivity index (χ0) is 27.0. The van der Waals surface area contributed by atoms with Crippen LogP contribution in [0.1, 0.15) is 43.5 Å². The Morgan fingerprint density at radius 1 is 1.03 bits per heavy atom. The number of rotatable bonds is 4. The maximum Gasteiger partial charge on any atom is 0.261 e. The summed E-state index contributed by atoms with van der Waals surface area (Å²) in [5.74, 6) is 0.107. The van der Waals surface area contributed by atoms with Crippen molar-refractivity contribution in [2.45, 2.75) is 38.1 Å². The molecule has 0 aliphatic carbocycles. The van der Waals surface area contributed by atoms with Crippen molar-refractivity contribution in [3.63, 3.8) is 0 Å². The molecule has 4 rings (SSSR count). The van der Waals surface area contributed by atoms with E-state index in [2.05, 4.69) is 9.24 Å². The highest BCUT2D eigenvalue weighted by molar-refractivity contribution is 8.13. The third-order valence-electron chi connectivity index (χ3n) is 5.71. The highest BCUT2D eigenvalue weighted by Crippen LogP contribution is 2.41. The van der Waals surface area contributed by atoms with E-state index in [4.69, 9.17) is 15.4 Å². The van der Waals surface area contributed by atoms with E-state index in [-0.39, 0.29) is 16.6 Å². The van der Waals surface area contributed by atoms with Crippen LogP contribution in [0.15, 0.2) is 65.6 Å². The number of methoxy groups -OCH3 is 1. The highest BCUT2D eigenvalue weighted by atomic mass is 35.7. The quantitative estimate of drug-likeness (QED) is 0.276. The highest BCUT2D eigenvalue weighted by Gasteiger charge is 2.33. The van der Waals surface area contributed by atoms with Gasteiger partial charge in [-0.15, -0.1) is 9.24 Å². The van der Waals surface area contributed by atoms with Crippen LogP contribution in [0.5, 0.6) is 5.75 Å². The van der Waals surface area contributed by atoms with E-state index in [0.29, 0.717) is 24.3 Å². The van der Waals surface area contributed by atoms with E-state index >= 15 is 0 Å². The molecule has 1 aliphatic rings. The summed E-state index contributed by atoms with van der Waals surface area (Å²) in [5.41, 5.74) is 3.86. The van der Waals surface area contributed by atoms with E-state index in [1.165, 1.54) is 25.1 Å². The van der Waals surface area contributed by atoms with Crippen LogP contribution in [0.2, 0.25) is 0 Å². The van der Waals surface area contributed by atoms with Crippen molar-refractivity contribution in [3.05, 3.63) is 83.2 Å². The predicted octanol–water partition coefficient (Wildman–Crippen LogP) is 6.44. The third-order valence-corrected chi connectivity index (χ3v) is 7.07. The topological polar surface area (TPSA) is 63.7 Å². The summed E-state index contributed by atoms with van der Waals surface area (Å²) < 4.78 is 43.0. The maximum atomic E-state index is 13.7. The van der Waals surface area contributed by atoms with Crippen LogP contribution in [0.3, 0.4) is 0 Å². The fourth-order valence-electron chi connectivity index (χ4n) is 4.21. The fraction of sp³-hybridized carbons (Fsp3) is 0.296. The number of benzene rings is 3. The number of fused-ring (bicyclic) bond motifs is 1. The minimum absolute atomic E-state index is 0.0290. The molecule has 1 amide bonds. The lowest BCUT2D eigenvalue weighted by Crippen LogP contribution is -2.39. The Hall–Kier alpha value is -2.47. The largest absolute Gasteiger partial charge is 0.496 e. The second-order valence-electron chi connectivity index (χ2n) is 7.63. The Balaban J connectivity index is 0.00000109. The first-order valence-electron chi connectivity index (χ1n) is 11.6. The standard InChI is InChI=1S/C24H21ClFNO4S.C2H6.CH5P/c1-15(28)27-11-10-18-13-20(32(25,29)30)7-9-21(18)24(27)22-8-6-17(14-23(22)31-2)16-4-3-5-19(26)12-16;2*1-2/h3-9,12-14,24H,10-11H2,1-2H3;1-2H3;2H2,1H3. The molecule has 36 heavy (non-hydrogen) atoms. The van der Waals surface area contributed by atoms with Crippen LogP contribution in [-0.4, -0.2) is 39.5 Å². The molecule has 0 fully saturated rings. The second-order valence-corrected chi connectivity index (χ2v) is 10.2. The zero-order valence-corrected chi connectivity index (χ0v) is 23.8. The van der Waals surface area contributed by atoms with Crippen molar-refractivity contribution in [2.24, 2.45) is 0 Å². The number of hydrogen-bond acceptors (Lipinski definition) is 4. The van der Waals surface area contributed by atoms with Gasteiger partial charge in [0.15, 0.2) is 0 Å². The Kier molecular flexibility index (Phi) is 10.9. The molecule has 2 unspecified atom stereocenters. The molecule has 3 aromatic rings. The molecule has 3 aromatic carbocycles. The molecule has 2 atom stereocenters. The Morgan fingerprint density at radius 3 is 2.25 bits per heavy atom. The molecule has 0 bridgehead atoms. The van der Waals surface area contributed by atoms with Gasteiger partial charge >= 0.3 is 0 Å². The number of nitrogens with zero attached hydrogens (tertiary/aromatic N) is 1. The molecule has 194 valence electrons. The van der Waals surface area contributed by atoms with Crippen molar-refractivity contribution >= 4 is 34.9 Å². The molecule has 0 aromatic heterocycles. The average Bonchev–Trinajstić information content (AvgIpc) is 2.89. The van der Waals surface area contributed by atoms with Gasteiger partial charge in [-0.1, -0.05) is 50.8 Å². The first-order chi connectivity index (χ1) is 17.2. The van der Waals surface area contributed by atoms with Crippen LogP contribution in [0.4, 0.5) is 4.39 Å². The number of hydrogen-bond donors (Lipinski definition) is 0. The van der Waals surface area contributed by atoms with Gasteiger partial charge in [-0.3, -0.25) is 4.79 Å². The van der Waals surface area contributed by atoms with E-state index in [1.54, 1.807) is 30.2 Å². The first-order valence-corrected chi connectivity index (χ1v) is 15.0. The molecule has 0 saturated heterocycles. The molecule has 0 radical (unpaired) electrons. The Morgan fingerprint density at radius 2 is 1.67 bits per heavy atom. The number of carbonyl (C=O) groups is 1. The zero-order valence-electron chi connectivity index (χ0n) is 21.1. The average molecular weight is 552 g/mol. The minimum Gasteiger partial charge on any atom is -0.496 e. The van der Waals surface area contributed by atoms with Crippen molar-refractivity contribution < 1.29 is 22.3 Å².